The van der Waals surface area contributed by atoms with E-state index in [2.05, 4.69) is 15.3 Å². The number of hydrogen-bond donors (Lipinski definition) is 3. The van der Waals surface area contributed by atoms with E-state index in [1.165, 1.54) is 0 Å². The van der Waals surface area contributed by atoms with Gasteiger partial charge in [0.25, 0.3) is 0 Å². The molecule has 1 aliphatic heterocycles. The lowest BCUT2D eigenvalue weighted by Crippen LogP contribution is -2.23. The van der Waals surface area contributed by atoms with E-state index in [1.807, 2.05) is 37.3 Å². The lowest BCUT2D eigenvalue weighted by molar-refractivity contribution is 0.101. The number of fused-ring (bicyclic) bond motifs is 1. The summed E-state index contributed by atoms with van der Waals surface area (Å²) in [5.74, 6) is 0.866. The van der Waals surface area contributed by atoms with Crippen molar-refractivity contribution in [3.8, 4) is 22.6 Å². The van der Waals surface area contributed by atoms with Crippen LogP contribution in [0.2, 0.25) is 0 Å². The van der Waals surface area contributed by atoms with E-state index in [1.54, 1.807) is 6.92 Å². The molecule has 3 heterocycles. The van der Waals surface area contributed by atoms with E-state index in [0.29, 0.717) is 0 Å². The molecule has 3 N–H and O–H groups in total. The third-order valence-corrected chi connectivity index (χ3v) is 4.54. The van der Waals surface area contributed by atoms with Crippen molar-refractivity contribution < 1.29 is 4.79 Å². The van der Waals surface area contributed by atoms with E-state index in [4.69, 9.17) is 4.98 Å². The number of carbonyl (C=O) groups excluding carboxylic acids is 1. The Morgan fingerprint density at radius 1 is 1.17 bits per heavy atom. The van der Waals surface area contributed by atoms with Crippen LogP contribution in [0.4, 0.5) is 0 Å². The molecule has 5 nitrogen and oxygen atoms in total. The molecule has 0 bridgehead atoms. The van der Waals surface area contributed by atoms with Crippen LogP contribution in [0.15, 0.2) is 30.3 Å². The summed E-state index contributed by atoms with van der Waals surface area (Å²) in [6, 6.07) is 10.0. The number of imidazole rings is 1. The van der Waals surface area contributed by atoms with Gasteiger partial charge in [0.2, 0.25) is 0 Å². The molecule has 0 saturated carbocycles. The van der Waals surface area contributed by atoms with Crippen molar-refractivity contribution in [3.05, 3.63) is 53.0 Å². The van der Waals surface area contributed by atoms with Gasteiger partial charge in [0.1, 0.15) is 0 Å². The summed E-state index contributed by atoms with van der Waals surface area (Å²) >= 11 is 0. The van der Waals surface area contributed by atoms with E-state index >= 15 is 0 Å². The Kier molecular flexibility index (Phi) is 3.58. The molecule has 0 aliphatic carbocycles. The first-order chi connectivity index (χ1) is 11.6. The molecule has 0 atom stereocenters. The highest BCUT2D eigenvalue weighted by atomic mass is 16.1. The largest absolute Gasteiger partial charge is 0.355 e. The molecule has 1 aliphatic rings. The van der Waals surface area contributed by atoms with Crippen molar-refractivity contribution in [1.82, 2.24) is 20.3 Å². The first kappa shape index (κ1) is 14.9. The van der Waals surface area contributed by atoms with Gasteiger partial charge in [-0.2, -0.15) is 0 Å². The maximum atomic E-state index is 12.2. The van der Waals surface area contributed by atoms with Crippen LogP contribution in [0.1, 0.15) is 34.4 Å². The van der Waals surface area contributed by atoms with Crippen LogP contribution in [0.3, 0.4) is 0 Å². The second-order valence-corrected chi connectivity index (χ2v) is 6.23. The number of nitrogens with one attached hydrogen (secondary N) is 3. The molecule has 4 rings (SSSR count). The van der Waals surface area contributed by atoms with E-state index in [-0.39, 0.29) is 5.78 Å². The molecule has 0 amide bonds. The molecule has 0 saturated heterocycles. The number of Topliss-reactive ketones (excluding diaryl/α,β-unsaturated/α-hetero) is 1. The minimum atomic E-state index is 0.0619. The Balaban J connectivity index is 1.94. The summed E-state index contributed by atoms with van der Waals surface area (Å²) < 4.78 is 0. The second-order valence-electron chi connectivity index (χ2n) is 6.23. The zero-order chi connectivity index (χ0) is 16.7. The third-order valence-electron chi connectivity index (χ3n) is 4.54. The standard InChI is InChI=1S/C19H20N4O/c1-11-16(12(2)24)17(13-6-4-3-5-7-13)18(21-11)19-22-14-8-9-20-10-15(14)23-19/h3-7,20-21H,8-10H2,1-2H3,(H,22,23). The predicted octanol–water partition coefficient (Wildman–Crippen LogP) is 3.23. The fraction of sp³-hybridized carbons (Fsp3) is 0.263. The van der Waals surface area contributed by atoms with Crippen LogP contribution in [-0.4, -0.2) is 27.3 Å². The number of aryl methyl sites for hydroxylation is 1. The summed E-state index contributed by atoms with van der Waals surface area (Å²) in [5.41, 5.74) is 6.70. The molecule has 0 fully saturated rings. The van der Waals surface area contributed by atoms with E-state index in [9.17, 15) is 4.79 Å². The Labute approximate surface area is 140 Å². The minimum Gasteiger partial charge on any atom is -0.355 e. The molecular formula is C19H20N4O. The Hall–Kier alpha value is -2.66. The lowest BCUT2D eigenvalue weighted by Gasteiger charge is -2.09. The predicted molar refractivity (Wildman–Crippen MR) is 94.0 cm³/mol. The number of rotatable bonds is 3. The van der Waals surface area contributed by atoms with Crippen LogP contribution in [0.25, 0.3) is 22.6 Å². The molecule has 1 aromatic carbocycles. The maximum absolute atomic E-state index is 12.2. The number of H-pyrrole nitrogens is 2. The van der Waals surface area contributed by atoms with Crippen molar-refractivity contribution in [2.45, 2.75) is 26.8 Å². The average Bonchev–Trinajstić information content (AvgIpc) is 3.16. The van der Waals surface area contributed by atoms with Gasteiger partial charge in [-0.3, -0.25) is 4.79 Å². The number of aromatic nitrogens is 3. The lowest BCUT2D eigenvalue weighted by atomic mass is 9.98. The van der Waals surface area contributed by atoms with Gasteiger partial charge in [-0.15, -0.1) is 0 Å². The minimum absolute atomic E-state index is 0.0619. The number of ketones is 1. The average molecular weight is 320 g/mol. The van der Waals surface area contributed by atoms with Gasteiger partial charge in [0.05, 0.1) is 17.1 Å². The van der Waals surface area contributed by atoms with Crippen molar-refractivity contribution >= 4 is 5.78 Å². The quantitative estimate of drug-likeness (QED) is 0.649. The van der Waals surface area contributed by atoms with Crippen LogP contribution < -0.4 is 5.32 Å². The highest BCUT2D eigenvalue weighted by Gasteiger charge is 2.24. The summed E-state index contributed by atoms with van der Waals surface area (Å²) in [4.78, 5) is 23.8. The van der Waals surface area contributed by atoms with Gasteiger partial charge in [-0.05, 0) is 19.4 Å². The third kappa shape index (κ3) is 2.37. The highest BCUT2D eigenvalue weighted by molar-refractivity contribution is 6.05. The topological polar surface area (TPSA) is 73.6 Å². The van der Waals surface area contributed by atoms with Crippen LogP contribution in [0.5, 0.6) is 0 Å². The monoisotopic (exact) mass is 320 g/mol. The molecular weight excluding hydrogens is 300 g/mol. The van der Waals surface area contributed by atoms with Crippen LogP contribution in [-0.2, 0) is 13.0 Å². The number of aromatic amines is 2. The summed E-state index contributed by atoms with van der Waals surface area (Å²) in [5, 5.41) is 3.35. The fourth-order valence-electron chi connectivity index (χ4n) is 3.47. The number of hydrogen-bond acceptors (Lipinski definition) is 3. The summed E-state index contributed by atoms with van der Waals surface area (Å²) in [6.45, 7) is 5.31. The molecule has 24 heavy (non-hydrogen) atoms. The molecule has 2 aromatic heterocycles. The Morgan fingerprint density at radius 2 is 1.96 bits per heavy atom. The van der Waals surface area contributed by atoms with E-state index < -0.39 is 0 Å². The van der Waals surface area contributed by atoms with Gasteiger partial charge >= 0.3 is 0 Å². The van der Waals surface area contributed by atoms with Crippen molar-refractivity contribution in [2.24, 2.45) is 0 Å². The zero-order valence-corrected chi connectivity index (χ0v) is 13.9. The fourth-order valence-corrected chi connectivity index (χ4v) is 3.47. The Bertz CT molecular complexity index is 882. The van der Waals surface area contributed by atoms with Crippen LogP contribution >= 0.6 is 0 Å². The summed E-state index contributed by atoms with van der Waals surface area (Å²) in [7, 11) is 0. The zero-order valence-electron chi connectivity index (χ0n) is 13.9. The van der Waals surface area contributed by atoms with Gasteiger partial charge in [-0.1, -0.05) is 30.3 Å². The second kappa shape index (κ2) is 5.76. The van der Waals surface area contributed by atoms with E-state index in [0.717, 1.165) is 64.8 Å². The molecule has 0 spiro atoms. The molecule has 122 valence electrons. The van der Waals surface area contributed by atoms with Crippen molar-refractivity contribution in [3.63, 3.8) is 0 Å². The molecule has 0 radical (unpaired) electrons. The summed E-state index contributed by atoms with van der Waals surface area (Å²) in [6.07, 6.45) is 0.922. The first-order valence-corrected chi connectivity index (χ1v) is 8.23. The first-order valence-electron chi connectivity index (χ1n) is 8.23. The number of carbonyl (C=O) groups is 1. The SMILES string of the molecule is CC(=O)c1c(C)[nH]c(-c2nc3c([nH]2)CNCC3)c1-c1ccccc1. The van der Waals surface area contributed by atoms with Crippen molar-refractivity contribution in [1.29, 1.82) is 0 Å². The van der Waals surface area contributed by atoms with Crippen LogP contribution in [0, 0.1) is 6.92 Å². The number of nitrogens with zero attached hydrogens (tertiary/aromatic N) is 1. The molecule has 3 aromatic rings. The van der Waals surface area contributed by atoms with Crippen molar-refractivity contribution in [2.75, 3.05) is 6.54 Å². The number of benzene rings is 1. The van der Waals surface area contributed by atoms with Gasteiger partial charge in [0.15, 0.2) is 11.6 Å². The van der Waals surface area contributed by atoms with Gasteiger partial charge in [-0.25, -0.2) is 4.98 Å². The maximum Gasteiger partial charge on any atom is 0.162 e. The molecule has 5 heteroatoms. The molecule has 0 unspecified atom stereocenters. The van der Waals surface area contributed by atoms with Gasteiger partial charge < -0.3 is 15.3 Å². The normalized spacial score (nSPS) is 13.8. The van der Waals surface area contributed by atoms with Gasteiger partial charge in [0, 0.05) is 36.3 Å². The Morgan fingerprint density at radius 3 is 2.67 bits per heavy atom. The smallest absolute Gasteiger partial charge is 0.162 e. The highest BCUT2D eigenvalue weighted by Crippen LogP contribution is 2.36.